The Morgan fingerprint density at radius 3 is 3.00 bits per heavy atom. The number of hydrogen-bond acceptors (Lipinski definition) is 5. The van der Waals surface area contributed by atoms with Crippen LogP contribution >= 0.6 is 11.6 Å². The first kappa shape index (κ1) is 14.3. The van der Waals surface area contributed by atoms with Crippen molar-refractivity contribution in [2.75, 3.05) is 6.54 Å². The molecule has 3 aromatic rings. The van der Waals surface area contributed by atoms with Gasteiger partial charge >= 0.3 is 0 Å². The van der Waals surface area contributed by atoms with E-state index < -0.39 is 0 Å². The Bertz CT molecular complexity index is 816. The van der Waals surface area contributed by atoms with Gasteiger partial charge in [-0.2, -0.15) is 5.10 Å². The molecule has 7 heteroatoms. The van der Waals surface area contributed by atoms with Crippen molar-refractivity contribution in [3.8, 4) is 11.4 Å². The van der Waals surface area contributed by atoms with Gasteiger partial charge < -0.3 is 0 Å². The number of aromatic amines is 1. The van der Waals surface area contributed by atoms with Crippen LogP contribution in [0.25, 0.3) is 11.4 Å². The summed E-state index contributed by atoms with van der Waals surface area (Å²) in [5.41, 5.74) is 4.18. The SMILES string of the molecule is Clc1cn[nH]c1CN1CCc2nc(-c3cccnc3)ncc2C1. The summed E-state index contributed by atoms with van der Waals surface area (Å²) in [7, 11) is 0. The van der Waals surface area contributed by atoms with Gasteiger partial charge in [-0.25, -0.2) is 9.97 Å². The zero-order valence-electron chi connectivity index (χ0n) is 12.4. The number of H-pyrrole nitrogens is 1. The fraction of sp³-hybridized carbons (Fsp3) is 0.250. The standard InChI is InChI=1S/C16H15ClN6/c17-13-8-20-22-15(13)10-23-5-3-14-12(9-23)7-19-16(21-14)11-2-1-4-18-6-11/h1-2,4,6-8H,3,5,9-10H2,(H,20,22). The maximum atomic E-state index is 6.10. The lowest BCUT2D eigenvalue weighted by Gasteiger charge is -2.27. The maximum absolute atomic E-state index is 6.10. The van der Waals surface area contributed by atoms with Gasteiger partial charge in [-0.05, 0) is 12.1 Å². The highest BCUT2D eigenvalue weighted by molar-refractivity contribution is 6.31. The summed E-state index contributed by atoms with van der Waals surface area (Å²) in [4.78, 5) is 15.6. The first-order chi connectivity index (χ1) is 11.3. The van der Waals surface area contributed by atoms with Crippen molar-refractivity contribution in [2.24, 2.45) is 0 Å². The van der Waals surface area contributed by atoms with Gasteiger partial charge in [-0.3, -0.25) is 15.0 Å². The summed E-state index contributed by atoms with van der Waals surface area (Å²) in [5, 5.41) is 7.59. The fourth-order valence-electron chi connectivity index (χ4n) is 2.78. The van der Waals surface area contributed by atoms with Gasteiger partial charge in [0, 0.05) is 55.8 Å². The van der Waals surface area contributed by atoms with Gasteiger partial charge in [0.15, 0.2) is 5.82 Å². The molecular weight excluding hydrogens is 312 g/mol. The van der Waals surface area contributed by atoms with E-state index in [4.69, 9.17) is 16.6 Å². The number of rotatable bonds is 3. The summed E-state index contributed by atoms with van der Waals surface area (Å²) in [5.74, 6) is 0.738. The summed E-state index contributed by atoms with van der Waals surface area (Å²) >= 11 is 6.10. The lowest BCUT2D eigenvalue weighted by atomic mass is 10.1. The molecule has 0 fully saturated rings. The van der Waals surface area contributed by atoms with E-state index in [2.05, 4.69) is 25.1 Å². The molecule has 0 bridgehead atoms. The smallest absolute Gasteiger partial charge is 0.160 e. The third-order valence-electron chi connectivity index (χ3n) is 3.98. The predicted octanol–water partition coefficient (Wildman–Crippen LogP) is 2.47. The van der Waals surface area contributed by atoms with Crippen molar-refractivity contribution in [2.45, 2.75) is 19.5 Å². The van der Waals surface area contributed by atoms with Crippen LogP contribution in [0.2, 0.25) is 5.02 Å². The number of halogens is 1. The molecule has 0 unspecified atom stereocenters. The molecule has 23 heavy (non-hydrogen) atoms. The second-order valence-electron chi connectivity index (χ2n) is 5.56. The Balaban J connectivity index is 1.53. The molecule has 0 aliphatic carbocycles. The van der Waals surface area contributed by atoms with E-state index in [1.165, 1.54) is 5.56 Å². The molecule has 116 valence electrons. The van der Waals surface area contributed by atoms with Gasteiger partial charge in [-0.15, -0.1) is 0 Å². The minimum absolute atomic E-state index is 0.680. The van der Waals surface area contributed by atoms with Crippen LogP contribution in [0.15, 0.2) is 36.9 Å². The number of nitrogens with zero attached hydrogens (tertiary/aromatic N) is 5. The zero-order chi connectivity index (χ0) is 15.6. The molecule has 0 saturated heterocycles. The van der Waals surface area contributed by atoms with E-state index in [9.17, 15) is 0 Å². The number of aromatic nitrogens is 5. The van der Waals surface area contributed by atoms with E-state index >= 15 is 0 Å². The van der Waals surface area contributed by atoms with Crippen molar-refractivity contribution >= 4 is 11.6 Å². The van der Waals surface area contributed by atoms with Crippen molar-refractivity contribution in [3.63, 3.8) is 0 Å². The fourth-order valence-corrected chi connectivity index (χ4v) is 2.93. The normalized spacial score (nSPS) is 14.7. The number of nitrogens with one attached hydrogen (secondary N) is 1. The highest BCUT2D eigenvalue weighted by atomic mass is 35.5. The van der Waals surface area contributed by atoms with Crippen LogP contribution in [0.4, 0.5) is 0 Å². The molecule has 0 aromatic carbocycles. The zero-order valence-corrected chi connectivity index (χ0v) is 13.2. The lowest BCUT2D eigenvalue weighted by Crippen LogP contribution is -2.31. The molecule has 6 nitrogen and oxygen atoms in total. The Hall–Kier alpha value is -2.31. The monoisotopic (exact) mass is 326 g/mol. The highest BCUT2D eigenvalue weighted by Gasteiger charge is 2.20. The lowest BCUT2D eigenvalue weighted by molar-refractivity contribution is 0.240. The van der Waals surface area contributed by atoms with Crippen LogP contribution in [0.3, 0.4) is 0 Å². The molecule has 0 saturated carbocycles. The first-order valence-corrected chi connectivity index (χ1v) is 7.82. The van der Waals surface area contributed by atoms with E-state index in [1.807, 2.05) is 18.3 Å². The van der Waals surface area contributed by atoms with Gasteiger partial charge in [0.2, 0.25) is 0 Å². The van der Waals surface area contributed by atoms with Crippen molar-refractivity contribution in [1.82, 2.24) is 30.0 Å². The van der Waals surface area contributed by atoms with Gasteiger partial charge in [0.05, 0.1) is 22.6 Å². The first-order valence-electron chi connectivity index (χ1n) is 7.45. The van der Waals surface area contributed by atoms with E-state index in [0.717, 1.165) is 48.8 Å². The third-order valence-corrected chi connectivity index (χ3v) is 4.31. The molecule has 1 N–H and O–H groups in total. The summed E-state index contributed by atoms with van der Waals surface area (Å²) in [6.07, 6.45) is 8.00. The molecule has 0 amide bonds. The van der Waals surface area contributed by atoms with Crippen molar-refractivity contribution < 1.29 is 0 Å². The maximum Gasteiger partial charge on any atom is 0.160 e. The third kappa shape index (κ3) is 2.95. The van der Waals surface area contributed by atoms with E-state index in [1.54, 1.807) is 18.6 Å². The molecule has 0 spiro atoms. The molecular formula is C16H15ClN6. The molecule has 0 radical (unpaired) electrons. The Morgan fingerprint density at radius 1 is 1.26 bits per heavy atom. The number of fused-ring (bicyclic) bond motifs is 1. The van der Waals surface area contributed by atoms with Crippen LogP contribution in [0.5, 0.6) is 0 Å². The quantitative estimate of drug-likeness (QED) is 0.800. The average Bonchev–Trinajstić information content (AvgIpc) is 3.00. The minimum atomic E-state index is 0.680. The minimum Gasteiger partial charge on any atom is -0.293 e. The van der Waals surface area contributed by atoms with Crippen LogP contribution < -0.4 is 0 Å². The number of hydrogen-bond donors (Lipinski definition) is 1. The second kappa shape index (κ2) is 6.06. The highest BCUT2D eigenvalue weighted by Crippen LogP contribution is 2.22. The molecule has 0 atom stereocenters. The predicted molar refractivity (Wildman–Crippen MR) is 86.7 cm³/mol. The van der Waals surface area contributed by atoms with E-state index in [0.29, 0.717) is 5.02 Å². The average molecular weight is 327 g/mol. The molecule has 3 aromatic heterocycles. The van der Waals surface area contributed by atoms with Crippen molar-refractivity contribution in [1.29, 1.82) is 0 Å². The summed E-state index contributed by atoms with van der Waals surface area (Å²) < 4.78 is 0. The van der Waals surface area contributed by atoms with Gasteiger partial charge in [-0.1, -0.05) is 11.6 Å². The molecule has 4 rings (SSSR count). The summed E-state index contributed by atoms with van der Waals surface area (Å²) in [6.45, 7) is 2.51. The van der Waals surface area contributed by atoms with Crippen LogP contribution in [0.1, 0.15) is 17.0 Å². The van der Waals surface area contributed by atoms with Gasteiger partial charge in [0.25, 0.3) is 0 Å². The molecule has 4 heterocycles. The van der Waals surface area contributed by atoms with E-state index in [-0.39, 0.29) is 0 Å². The number of pyridine rings is 1. The van der Waals surface area contributed by atoms with Gasteiger partial charge in [0.1, 0.15) is 0 Å². The van der Waals surface area contributed by atoms with Crippen LogP contribution in [-0.2, 0) is 19.5 Å². The van der Waals surface area contributed by atoms with Crippen molar-refractivity contribution in [3.05, 3.63) is 58.9 Å². The Labute approximate surface area is 138 Å². The van der Waals surface area contributed by atoms with Crippen LogP contribution in [-0.4, -0.2) is 36.6 Å². The molecule has 1 aliphatic heterocycles. The Kier molecular flexibility index (Phi) is 3.77. The van der Waals surface area contributed by atoms with Crippen LogP contribution in [0, 0.1) is 0 Å². The largest absolute Gasteiger partial charge is 0.293 e. The second-order valence-corrected chi connectivity index (χ2v) is 5.97. The Morgan fingerprint density at radius 2 is 2.22 bits per heavy atom. The topological polar surface area (TPSA) is 70.6 Å². The summed E-state index contributed by atoms with van der Waals surface area (Å²) in [6, 6.07) is 3.87. The molecule has 1 aliphatic rings.